The van der Waals surface area contributed by atoms with Crippen LogP contribution in [-0.4, -0.2) is 43.3 Å². The second-order valence-electron chi connectivity index (χ2n) is 7.05. The quantitative estimate of drug-likeness (QED) is 0.760. The van der Waals surface area contributed by atoms with E-state index in [1.165, 1.54) is 38.6 Å². The van der Waals surface area contributed by atoms with E-state index < -0.39 is 5.60 Å². The van der Waals surface area contributed by atoms with Crippen LogP contribution in [0.5, 0.6) is 0 Å². The van der Waals surface area contributed by atoms with Gasteiger partial charge < -0.3 is 15.0 Å². The lowest BCUT2D eigenvalue weighted by Gasteiger charge is -2.27. The van der Waals surface area contributed by atoms with Crippen molar-refractivity contribution in [2.45, 2.75) is 64.9 Å². The zero-order chi connectivity index (χ0) is 15.0. The maximum atomic E-state index is 11.5. The number of carbonyl (C=O) groups excluding carboxylic acids is 1. The molecule has 1 aliphatic carbocycles. The number of carbonyl (C=O) groups is 1. The van der Waals surface area contributed by atoms with E-state index in [1.54, 1.807) is 0 Å². The summed E-state index contributed by atoms with van der Waals surface area (Å²) >= 11 is 0. The highest BCUT2D eigenvalue weighted by Gasteiger charge is 2.16. The lowest BCUT2D eigenvalue weighted by atomic mass is 9.89. The van der Waals surface area contributed by atoms with Crippen molar-refractivity contribution in [3.63, 3.8) is 0 Å². The molecule has 0 bridgehead atoms. The van der Waals surface area contributed by atoms with Gasteiger partial charge in [-0.05, 0) is 59.5 Å². The number of alkyl carbamates (subject to hydrolysis) is 1. The normalized spacial score (nSPS) is 17.2. The Morgan fingerprint density at radius 1 is 1.25 bits per heavy atom. The summed E-state index contributed by atoms with van der Waals surface area (Å²) in [7, 11) is 2.18. The van der Waals surface area contributed by atoms with E-state index in [1.807, 2.05) is 20.8 Å². The van der Waals surface area contributed by atoms with E-state index in [9.17, 15) is 4.79 Å². The number of ether oxygens (including phenoxy) is 1. The molecule has 1 aliphatic rings. The molecule has 0 aromatic rings. The van der Waals surface area contributed by atoms with Gasteiger partial charge in [0.15, 0.2) is 0 Å². The average molecular weight is 284 g/mol. The van der Waals surface area contributed by atoms with Crippen molar-refractivity contribution in [2.75, 3.05) is 26.7 Å². The van der Waals surface area contributed by atoms with Gasteiger partial charge in [-0.2, -0.15) is 0 Å². The van der Waals surface area contributed by atoms with Gasteiger partial charge >= 0.3 is 6.09 Å². The van der Waals surface area contributed by atoms with E-state index in [0.717, 1.165) is 18.9 Å². The lowest BCUT2D eigenvalue weighted by Crippen LogP contribution is -2.34. The third-order valence-corrected chi connectivity index (χ3v) is 3.68. The monoisotopic (exact) mass is 284 g/mol. The number of amides is 1. The van der Waals surface area contributed by atoms with Crippen LogP contribution in [-0.2, 0) is 4.74 Å². The molecule has 0 spiro atoms. The SMILES string of the molecule is CN(CCCNC(=O)OC(C)(C)C)CC1CCCCC1. The summed E-state index contributed by atoms with van der Waals surface area (Å²) in [5.74, 6) is 0.882. The molecule has 0 aliphatic heterocycles. The predicted octanol–water partition coefficient (Wildman–Crippen LogP) is 3.41. The van der Waals surface area contributed by atoms with Gasteiger partial charge in [-0.15, -0.1) is 0 Å². The Balaban J connectivity index is 2.03. The van der Waals surface area contributed by atoms with Crippen molar-refractivity contribution in [3.8, 4) is 0 Å². The molecule has 0 heterocycles. The molecule has 1 fully saturated rings. The Bertz CT molecular complexity index is 281. The molecule has 1 N–H and O–H groups in total. The first-order chi connectivity index (χ1) is 9.37. The molecule has 0 atom stereocenters. The third-order valence-electron chi connectivity index (χ3n) is 3.68. The predicted molar refractivity (Wildman–Crippen MR) is 82.9 cm³/mol. The van der Waals surface area contributed by atoms with Gasteiger partial charge in [-0.25, -0.2) is 4.79 Å². The van der Waals surface area contributed by atoms with E-state index in [0.29, 0.717) is 6.54 Å². The van der Waals surface area contributed by atoms with Gasteiger partial charge in [-0.3, -0.25) is 0 Å². The fourth-order valence-corrected chi connectivity index (χ4v) is 2.76. The highest BCUT2D eigenvalue weighted by Crippen LogP contribution is 2.23. The summed E-state index contributed by atoms with van der Waals surface area (Å²) in [5.41, 5.74) is -0.415. The summed E-state index contributed by atoms with van der Waals surface area (Å²) in [6.45, 7) is 8.56. The summed E-state index contributed by atoms with van der Waals surface area (Å²) < 4.78 is 5.20. The van der Waals surface area contributed by atoms with Crippen molar-refractivity contribution in [3.05, 3.63) is 0 Å². The maximum absolute atomic E-state index is 11.5. The van der Waals surface area contributed by atoms with Crippen molar-refractivity contribution in [2.24, 2.45) is 5.92 Å². The lowest BCUT2D eigenvalue weighted by molar-refractivity contribution is 0.0525. The van der Waals surface area contributed by atoms with Crippen molar-refractivity contribution in [1.29, 1.82) is 0 Å². The number of hydrogen-bond acceptors (Lipinski definition) is 3. The van der Waals surface area contributed by atoms with Crippen LogP contribution >= 0.6 is 0 Å². The molecule has 4 nitrogen and oxygen atoms in total. The summed E-state index contributed by atoms with van der Waals surface area (Å²) in [6.07, 6.45) is 7.66. The zero-order valence-corrected chi connectivity index (χ0v) is 13.7. The number of nitrogens with zero attached hydrogens (tertiary/aromatic N) is 1. The van der Waals surface area contributed by atoms with Gasteiger partial charge in [0.05, 0.1) is 0 Å². The fraction of sp³-hybridized carbons (Fsp3) is 0.938. The number of nitrogens with one attached hydrogen (secondary N) is 1. The Morgan fingerprint density at radius 3 is 2.50 bits per heavy atom. The molecule has 0 aromatic carbocycles. The molecule has 0 saturated heterocycles. The van der Waals surface area contributed by atoms with Crippen LogP contribution < -0.4 is 5.32 Å². The largest absolute Gasteiger partial charge is 0.444 e. The Morgan fingerprint density at radius 2 is 1.90 bits per heavy atom. The summed E-state index contributed by atoms with van der Waals surface area (Å²) in [4.78, 5) is 13.9. The molecular formula is C16H32N2O2. The van der Waals surface area contributed by atoms with Crippen LogP contribution in [0.4, 0.5) is 4.79 Å². The Labute approximate surface area is 124 Å². The molecule has 0 aromatic heterocycles. The van der Waals surface area contributed by atoms with E-state index in [4.69, 9.17) is 4.74 Å². The molecule has 20 heavy (non-hydrogen) atoms. The van der Waals surface area contributed by atoms with Crippen LogP contribution in [0.1, 0.15) is 59.3 Å². The van der Waals surface area contributed by atoms with E-state index in [2.05, 4.69) is 17.3 Å². The van der Waals surface area contributed by atoms with Crippen LogP contribution in [0.15, 0.2) is 0 Å². The molecule has 1 saturated carbocycles. The molecule has 4 heteroatoms. The van der Waals surface area contributed by atoms with Crippen LogP contribution in [0, 0.1) is 5.92 Å². The second-order valence-corrected chi connectivity index (χ2v) is 7.05. The van der Waals surface area contributed by atoms with Crippen LogP contribution in [0.25, 0.3) is 0 Å². The van der Waals surface area contributed by atoms with Gasteiger partial charge in [0.25, 0.3) is 0 Å². The van der Waals surface area contributed by atoms with Gasteiger partial charge in [-0.1, -0.05) is 19.3 Å². The second kappa shape index (κ2) is 8.50. The highest BCUT2D eigenvalue weighted by atomic mass is 16.6. The van der Waals surface area contributed by atoms with Gasteiger partial charge in [0, 0.05) is 13.1 Å². The Hall–Kier alpha value is -0.770. The van der Waals surface area contributed by atoms with Crippen LogP contribution in [0.2, 0.25) is 0 Å². The Kier molecular flexibility index (Phi) is 7.35. The minimum Gasteiger partial charge on any atom is -0.444 e. The smallest absolute Gasteiger partial charge is 0.407 e. The zero-order valence-electron chi connectivity index (χ0n) is 13.7. The van der Waals surface area contributed by atoms with Crippen molar-refractivity contribution >= 4 is 6.09 Å². The number of hydrogen-bond donors (Lipinski definition) is 1. The van der Waals surface area contributed by atoms with Crippen LogP contribution in [0.3, 0.4) is 0 Å². The number of rotatable bonds is 6. The topological polar surface area (TPSA) is 41.6 Å². The maximum Gasteiger partial charge on any atom is 0.407 e. The summed E-state index contributed by atoms with van der Waals surface area (Å²) in [5, 5.41) is 2.81. The first-order valence-electron chi connectivity index (χ1n) is 8.02. The van der Waals surface area contributed by atoms with Gasteiger partial charge in [0.2, 0.25) is 0 Å². The molecule has 0 unspecified atom stereocenters. The third kappa shape index (κ3) is 8.41. The fourth-order valence-electron chi connectivity index (χ4n) is 2.76. The van der Waals surface area contributed by atoms with Gasteiger partial charge in [0.1, 0.15) is 5.60 Å². The minimum atomic E-state index is -0.415. The van der Waals surface area contributed by atoms with Crippen molar-refractivity contribution < 1.29 is 9.53 Å². The molecule has 1 rings (SSSR count). The first-order valence-corrected chi connectivity index (χ1v) is 8.02. The van der Waals surface area contributed by atoms with Crippen molar-refractivity contribution in [1.82, 2.24) is 10.2 Å². The average Bonchev–Trinajstić information content (AvgIpc) is 2.34. The summed E-state index contributed by atoms with van der Waals surface area (Å²) in [6, 6.07) is 0. The minimum absolute atomic E-state index is 0.313. The molecule has 1 amide bonds. The molecule has 0 radical (unpaired) electrons. The van der Waals surface area contributed by atoms with E-state index in [-0.39, 0.29) is 6.09 Å². The highest BCUT2D eigenvalue weighted by molar-refractivity contribution is 5.67. The molecule has 118 valence electrons. The first kappa shape index (κ1) is 17.3. The molecular weight excluding hydrogens is 252 g/mol. The standard InChI is InChI=1S/C16H32N2O2/c1-16(2,3)20-15(19)17-11-8-12-18(4)13-14-9-6-5-7-10-14/h14H,5-13H2,1-4H3,(H,17,19). The van der Waals surface area contributed by atoms with E-state index >= 15 is 0 Å².